The normalized spacial score (nSPS) is 21.8. The summed E-state index contributed by atoms with van der Waals surface area (Å²) in [5, 5.41) is 3.13. The van der Waals surface area contributed by atoms with Gasteiger partial charge in [-0.05, 0) is 94.9 Å². The summed E-state index contributed by atoms with van der Waals surface area (Å²) in [4.78, 5) is 39.6. The Labute approximate surface area is 220 Å². The number of hydrogen-bond acceptors (Lipinski definition) is 6. The molecule has 1 unspecified atom stereocenters. The van der Waals surface area contributed by atoms with Crippen molar-refractivity contribution in [3.05, 3.63) is 40.8 Å². The van der Waals surface area contributed by atoms with Crippen molar-refractivity contribution in [1.29, 1.82) is 0 Å². The van der Waals surface area contributed by atoms with Crippen LogP contribution in [0.4, 0.5) is 4.79 Å². The van der Waals surface area contributed by atoms with E-state index in [4.69, 9.17) is 9.47 Å². The maximum absolute atomic E-state index is 12.9. The predicted octanol–water partition coefficient (Wildman–Crippen LogP) is 5.65. The van der Waals surface area contributed by atoms with E-state index in [0.717, 1.165) is 37.9 Å². The van der Waals surface area contributed by atoms with Crippen molar-refractivity contribution in [3.8, 4) is 5.75 Å². The maximum atomic E-state index is 12.9. The van der Waals surface area contributed by atoms with Gasteiger partial charge < -0.3 is 19.3 Å². The number of nitrogens with zero attached hydrogens (tertiary/aromatic N) is 3. The fourth-order valence-corrected chi connectivity index (χ4v) is 5.36. The van der Waals surface area contributed by atoms with Gasteiger partial charge >= 0.3 is 6.09 Å². The number of hydrogen-bond donors (Lipinski definition) is 0. The summed E-state index contributed by atoms with van der Waals surface area (Å²) < 4.78 is 11.5. The van der Waals surface area contributed by atoms with Crippen LogP contribution in [-0.4, -0.2) is 66.2 Å². The highest BCUT2D eigenvalue weighted by Crippen LogP contribution is 2.33. The second-order valence-corrected chi connectivity index (χ2v) is 11.6. The smallest absolute Gasteiger partial charge is 0.410 e. The standard InChI is InChI=1S/C29H41N3O5/c1-29(2,3)37-28(34)32-16-12-21(13-17-32)20-36-26-10-8-23(9-11-26)22-4-6-24(7-5-22)27(33)31-18-14-25(30-35)15-19-31/h4,8-11,21,24-25H,5-7,12-20H2,1-3H3. The highest BCUT2D eigenvalue weighted by atomic mass is 16.6. The molecule has 8 nitrogen and oxygen atoms in total. The van der Waals surface area contributed by atoms with Crippen molar-refractivity contribution in [2.75, 3.05) is 32.8 Å². The van der Waals surface area contributed by atoms with Gasteiger partial charge in [-0.3, -0.25) is 4.79 Å². The van der Waals surface area contributed by atoms with Crippen LogP contribution in [0.2, 0.25) is 0 Å². The van der Waals surface area contributed by atoms with E-state index in [1.165, 1.54) is 11.1 Å². The average Bonchev–Trinajstić information content (AvgIpc) is 2.91. The molecule has 1 aromatic carbocycles. The van der Waals surface area contributed by atoms with Crippen molar-refractivity contribution < 1.29 is 19.1 Å². The van der Waals surface area contributed by atoms with Gasteiger partial charge in [-0.2, -0.15) is 4.91 Å². The van der Waals surface area contributed by atoms with Gasteiger partial charge in [0.15, 0.2) is 0 Å². The van der Waals surface area contributed by atoms with Crippen LogP contribution in [0.1, 0.15) is 71.3 Å². The molecule has 0 saturated carbocycles. The molecule has 202 valence electrons. The van der Waals surface area contributed by atoms with E-state index in [9.17, 15) is 14.5 Å². The molecule has 1 atom stereocenters. The van der Waals surface area contributed by atoms with Crippen LogP contribution in [0.5, 0.6) is 5.75 Å². The Bertz CT molecular complexity index is 968. The summed E-state index contributed by atoms with van der Waals surface area (Å²) in [6, 6.07) is 8.12. The number of allylic oxidation sites excluding steroid dienone is 2. The first-order valence-electron chi connectivity index (χ1n) is 13.7. The molecule has 0 aromatic heterocycles. The van der Waals surface area contributed by atoms with Crippen LogP contribution in [0, 0.1) is 16.7 Å². The lowest BCUT2D eigenvalue weighted by Crippen LogP contribution is -2.42. The molecule has 2 saturated heterocycles. The lowest BCUT2D eigenvalue weighted by atomic mass is 9.85. The fourth-order valence-electron chi connectivity index (χ4n) is 5.36. The van der Waals surface area contributed by atoms with E-state index in [1.54, 1.807) is 4.90 Å². The molecule has 3 aliphatic rings. The third kappa shape index (κ3) is 7.55. The van der Waals surface area contributed by atoms with Crippen LogP contribution in [-0.2, 0) is 9.53 Å². The van der Waals surface area contributed by atoms with E-state index >= 15 is 0 Å². The van der Waals surface area contributed by atoms with Crippen molar-refractivity contribution >= 4 is 17.6 Å². The number of piperidine rings is 2. The van der Waals surface area contributed by atoms with Gasteiger partial charge in [-0.15, -0.1) is 0 Å². The zero-order chi connectivity index (χ0) is 26.4. The summed E-state index contributed by atoms with van der Waals surface area (Å²) in [6.07, 6.45) is 7.68. The Morgan fingerprint density at radius 3 is 2.16 bits per heavy atom. The van der Waals surface area contributed by atoms with Crippen LogP contribution in [0.25, 0.3) is 5.57 Å². The number of benzene rings is 1. The Morgan fingerprint density at radius 1 is 0.946 bits per heavy atom. The third-order valence-corrected chi connectivity index (χ3v) is 7.66. The first-order valence-corrected chi connectivity index (χ1v) is 13.7. The largest absolute Gasteiger partial charge is 0.493 e. The molecule has 2 heterocycles. The Kier molecular flexibility index (Phi) is 8.87. The number of likely N-dealkylation sites (tertiary alicyclic amines) is 2. The van der Waals surface area contributed by atoms with E-state index in [-0.39, 0.29) is 24.0 Å². The van der Waals surface area contributed by atoms with Crippen LogP contribution >= 0.6 is 0 Å². The maximum Gasteiger partial charge on any atom is 0.410 e. The summed E-state index contributed by atoms with van der Waals surface area (Å²) in [6.45, 7) is 9.01. The van der Waals surface area contributed by atoms with Crippen molar-refractivity contribution in [2.45, 2.75) is 77.4 Å². The van der Waals surface area contributed by atoms with Crippen molar-refractivity contribution in [2.24, 2.45) is 17.0 Å². The van der Waals surface area contributed by atoms with Gasteiger partial charge in [-0.1, -0.05) is 23.4 Å². The fraction of sp³-hybridized carbons (Fsp3) is 0.655. The highest BCUT2D eigenvalue weighted by molar-refractivity contribution is 5.81. The summed E-state index contributed by atoms with van der Waals surface area (Å²) in [5.41, 5.74) is 2.00. The van der Waals surface area contributed by atoms with E-state index in [2.05, 4.69) is 23.4 Å². The van der Waals surface area contributed by atoms with Crippen molar-refractivity contribution in [1.82, 2.24) is 9.80 Å². The second-order valence-electron chi connectivity index (χ2n) is 11.6. The van der Waals surface area contributed by atoms with Gasteiger partial charge in [0.1, 0.15) is 11.4 Å². The Balaban J connectivity index is 1.20. The average molecular weight is 512 g/mol. The monoisotopic (exact) mass is 511 g/mol. The molecule has 2 aliphatic heterocycles. The van der Waals surface area contributed by atoms with Gasteiger partial charge in [0, 0.05) is 32.1 Å². The molecule has 1 aliphatic carbocycles. The Morgan fingerprint density at radius 2 is 1.59 bits per heavy atom. The summed E-state index contributed by atoms with van der Waals surface area (Å²) >= 11 is 0. The van der Waals surface area contributed by atoms with Crippen molar-refractivity contribution in [3.63, 3.8) is 0 Å². The number of amides is 2. The first kappa shape index (κ1) is 27.1. The van der Waals surface area contributed by atoms with E-state index in [1.807, 2.05) is 37.8 Å². The zero-order valence-electron chi connectivity index (χ0n) is 22.5. The predicted molar refractivity (Wildman–Crippen MR) is 143 cm³/mol. The number of carbonyl (C=O) groups is 2. The molecule has 1 aromatic rings. The summed E-state index contributed by atoms with van der Waals surface area (Å²) in [5.74, 6) is 1.54. The molecule has 0 spiro atoms. The molecule has 0 radical (unpaired) electrons. The van der Waals surface area contributed by atoms with Gasteiger partial charge in [0.05, 0.1) is 12.6 Å². The number of ether oxygens (including phenoxy) is 2. The quantitative estimate of drug-likeness (QED) is 0.460. The lowest BCUT2D eigenvalue weighted by Gasteiger charge is -2.33. The number of nitroso groups, excluding NO2 is 1. The zero-order valence-corrected chi connectivity index (χ0v) is 22.5. The molecular weight excluding hydrogens is 470 g/mol. The minimum absolute atomic E-state index is 0.0360. The number of rotatable bonds is 6. The van der Waals surface area contributed by atoms with Gasteiger partial charge in [0.2, 0.25) is 5.91 Å². The Hall–Kier alpha value is -2.90. The van der Waals surface area contributed by atoms with Crippen LogP contribution < -0.4 is 4.74 Å². The van der Waals surface area contributed by atoms with Gasteiger partial charge in [-0.25, -0.2) is 4.79 Å². The minimum atomic E-state index is -0.468. The third-order valence-electron chi connectivity index (χ3n) is 7.66. The molecule has 2 amide bonds. The molecular formula is C29H41N3O5. The lowest BCUT2D eigenvalue weighted by molar-refractivity contribution is -0.136. The molecule has 2 fully saturated rings. The number of carbonyl (C=O) groups excluding carboxylic acids is 2. The molecule has 37 heavy (non-hydrogen) atoms. The second kappa shape index (κ2) is 12.1. The first-order chi connectivity index (χ1) is 17.7. The van der Waals surface area contributed by atoms with E-state index in [0.29, 0.717) is 51.5 Å². The SMILES string of the molecule is CC(C)(C)OC(=O)N1CCC(COc2ccc(C3=CCC(C(=O)N4CCC(N=O)CC4)CC3)cc2)CC1. The van der Waals surface area contributed by atoms with Crippen LogP contribution in [0.3, 0.4) is 0 Å². The molecule has 8 heteroatoms. The summed E-state index contributed by atoms with van der Waals surface area (Å²) in [7, 11) is 0. The molecule has 0 N–H and O–H groups in total. The van der Waals surface area contributed by atoms with Crippen LogP contribution in [0.15, 0.2) is 35.5 Å². The highest BCUT2D eigenvalue weighted by Gasteiger charge is 2.30. The topological polar surface area (TPSA) is 88.5 Å². The van der Waals surface area contributed by atoms with E-state index < -0.39 is 5.60 Å². The molecule has 0 bridgehead atoms. The molecule has 4 rings (SSSR count). The van der Waals surface area contributed by atoms with Gasteiger partial charge in [0.25, 0.3) is 0 Å². The minimum Gasteiger partial charge on any atom is -0.493 e.